The summed E-state index contributed by atoms with van der Waals surface area (Å²) in [5.74, 6) is 0.423. The predicted molar refractivity (Wildman–Crippen MR) is 94.4 cm³/mol. The number of benzene rings is 1. The second kappa shape index (κ2) is 7.82. The lowest BCUT2D eigenvalue weighted by molar-refractivity contribution is -0.133. The summed E-state index contributed by atoms with van der Waals surface area (Å²) in [7, 11) is 0. The summed E-state index contributed by atoms with van der Waals surface area (Å²) in [6.45, 7) is 2.99. The lowest BCUT2D eigenvalue weighted by atomic mass is 9.93. The van der Waals surface area contributed by atoms with E-state index in [1.807, 2.05) is 18.2 Å². The molecular weight excluding hydrogens is 300 g/mol. The van der Waals surface area contributed by atoms with E-state index in [0.717, 1.165) is 24.9 Å². The van der Waals surface area contributed by atoms with Crippen LogP contribution in [0.4, 0.5) is 0 Å². The van der Waals surface area contributed by atoms with E-state index in [9.17, 15) is 9.59 Å². The highest BCUT2D eigenvalue weighted by atomic mass is 16.2. The fourth-order valence-electron chi connectivity index (χ4n) is 4.12. The van der Waals surface area contributed by atoms with Gasteiger partial charge in [0.2, 0.25) is 11.8 Å². The molecular formula is C20H28N2O2. The highest BCUT2D eigenvalue weighted by molar-refractivity contribution is 5.81. The number of carbonyl (C=O) groups excluding carboxylic acids is 2. The van der Waals surface area contributed by atoms with Gasteiger partial charge in [-0.1, -0.05) is 43.5 Å². The van der Waals surface area contributed by atoms with Gasteiger partial charge in [0.25, 0.3) is 0 Å². The molecule has 0 radical (unpaired) electrons. The maximum atomic E-state index is 12.8. The summed E-state index contributed by atoms with van der Waals surface area (Å²) >= 11 is 0. The first-order valence-corrected chi connectivity index (χ1v) is 9.27. The number of hydrogen-bond donors (Lipinski definition) is 1. The molecule has 4 nitrogen and oxygen atoms in total. The second-order valence-corrected chi connectivity index (χ2v) is 7.19. The Morgan fingerprint density at radius 3 is 2.54 bits per heavy atom. The zero-order valence-corrected chi connectivity index (χ0v) is 14.6. The minimum atomic E-state index is -0.0229. The summed E-state index contributed by atoms with van der Waals surface area (Å²) in [4.78, 5) is 26.2. The Hall–Kier alpha value is -1.84. The van der Waals surface area contributed by atoms with E-state index in [1.165, 1.54) is 44.6 Å². The van der Waals surface area contributed by atoms with E-state index in [0.29, 0.717) is 18.5 Å². The number of hydrogen-bond acceptors (Lipinski definition) is 2. The Bertz CT molecular complexity index is 593. The number of rotatable bonds is 5. The third kappa shape index (κ3) is 3.97. The third-order valence-electron chi connectivity index (χ3n) is 5.48. The molecule has 0 spiro atoms. The lowest BCUT2D eigenvalue weighted by Crippen LogP contribution is -2.39. The number of carbonyl (C=O) groups is 2. The van der Waals surface area contributed by atoms with Crippen LogP contribution in [-0.2, 0) is 22.6 Å². The molecule has 0 aromatic heterocycles. The van der Waals surface area contributed by atoms with Gasteiger partial charge in [-0.05, 0) is 36.8 Å². The quantitative estimate of drug-likeness (QED) is 0.903. The standard InChI is InChI=1S/C20H28N2O2/c1-15(23)21-14-18-8-6-5-7-16(18)13-17-11-12-22(20(17)24)19-9-3-2-4-10-19/h5-8,17,19H,2-4,9-14H2,1H3,(H,21,23). The molecule has 2 aliphatic rings. The van der Waals surface area contributed by atoms with Crippen molar-refractivity contribution >= 4 is 11.8 Å². The van der Waals surface area contributed by atoms with Crippen molar-refractivity contribution in [1.29, 1.82) is 0 Å². The summed E-state index contributed by atoms with van der Waals surface area (Å²) < 4.78 is 0. The summed E-state index contributed by atoms with van der Waals surface area (Å²) in [5, 5.41) is 2.86. The molecule has 2 amide bonds. The normalized spacial score (nSPS) is 22.0. The predicted octanol–water partition coefficient (Wildman–Crippen LogP) is 3.05. The van der Waals surface area contributed by atoms with Crippen molar-refractivity contribution in [3.63, 3.8) is 0 Å². The second-order valence-electron chi connectivity index (χ2n) is 7.19. The number of nitrogens with zero attached hydrogens (tertiary/aromatic N) is 1. The Morgan fingerprint density at radius 2 is 1.83 bits per heavy atom. The van der Waals surface area contributed by atoms with E-state index < -0.39 is 0 Å². The first kappa shape index (κ1) is 17.0. The monoisotopic (exact) mass is 328 g/mol. The maximum Gasteiger partial charge on any atom is 0.226 e. The third-order valence-corrected chi connectivity index (χ3v) is 5.48. The van der Waals surface area contributed by atoms with Gasteiger partial charge in [-0.3, -0.25) is 9.59 Å². The molecule has 1 heterocycles. The minimum absolute atomic E-state index is 0.0229. The Morgan fingerprint density at radius 1 is 1.12 bits per heavy atom. The molecule has 1 atom stereocenters. The van der Waals surface area contributed by atoms with Crippen molar-refractivity contribution in [2.24, 2.45) is 5.92 Å². The molecule has 4 heteroatoms. The van der Waals surface area contributed by atoms with Crippen LogP contribution in [0.3, 0.4) is 0 Å². The molecule has 1 aliphatic carbocycles. The fourth-order valence-corrected chi connectivity index (χ4v) is 4.12. The van der Waals surface area contributed by atoms with Crippen molar-refractivity contribution in [3.8, 4) is 0 Å². The minimum Gasteiger partial charge on any atom is -0.352 e. The molecule has 1 aromatic rings. The van der Waals surface area contributed by atoms with Gasteiger partial charge in [-0.2, -0.15) is 0 Å². The van der Waals surface area contributed by atoms with Crippen LogP contribution in [0.5, 0.6) is 0 Å². The average Bonchev–Trinajstić information content (AvgIpc) is 2.95. The van der Waals surface area contributed by atoms with Gasteiger partial charge in [0.15, 0.2) is 0 Å². The van der Waals surface area contributed by atoms with E-state index in [4.69, 9.17) is 0 Å². The summed E-state index contributed by atoms with van der Waals surface area (Å²) in [6, 6.07) is 8.62. The van der Waals surface area contributed by atoms with Gasteiger partial charge in [0.05, 0.1) is 0 Å². The molecule has 24 heavy (non-hydrogen) atoms. The number of likely N-dealkylation sites (tertiary alicyclic amines) is 1. The Kier molecular flexibility index (Phi) is 5.54. The first-order chi connectivity index (χ1) is 11.6. The molecule has 1 aromatic carbocycles. The lowest BCUT2D eigenvalue weighted by Gasteiger charge is -2.31. The highest BCUT2D eigenvalue weighted by Crippen LogP contribution is 2.30. The topological polar surface area (TPSA) is 49.4 Å². The van der Waals surface area contributed by atoms with Crippen LogP contribution in [0.1, 0.15) is 56.6 Å². The molecule has 2 fully saturated rings. The van der Waals surface area contributed by atoms with Crippen molar-refractivity contribution in [2.75, 3.05) is 6.54 Å². The summed E-state index contributed by atoms with van der Waals surface area (Å²) in [6.07, 6.45) is 7.95. The zero-order chi connectivity index (χ0) is 16.9. The van der Waals surface area contributed by atoms with Crippen LogP contribution < -0.4 is 5.32 Å². The molecule has 1 unspecified atom stereocenters. The van der Waals surface area contributed by atoms with E-state index in [1.54, 1.807) is 0 Å². The first-order valence-electron chi connectivity index (χ1n) is 9.27. The van der Waals surface area contributed by atoms with Gasteiger partial charge in [-0.25, -0.2) is 0 Å². The molecule has 130 valence electrons. The zero-order valence-electron chi connectivity index (χ0n) is 14.6. The van der Waals surface area contributed by atoms with Crippen molar-refractivity contribution in [3.05, 3.63) is 35.4 Å². The van der Waals surface area contributed by atoms with Crippen LogP contribution in [-0.4, -0.2) is 29.3 Å². The van der Waals surface area contributed by atoms with Gasteiger partial charge in [0, 0.05) is 32.0 Å². The number of nitrogens with one attached hydrogen (secondary N) is 1. The van der Waals surface area contributed by atoms with Crippen LogP contribution in [0.25, 0.3) is 0 Å². The van der Waals surface area contributed by atoms with Crippen molar-refractivity contribution < 1.29 is 9.59 Å². The Labute approximate surface area is 144 Å². The average molecular weight is 328 g/mol. The number of amides is 2. The molecule has 1 N–H and O–H groups in total. The molecule has 3 rings (SSSR count). The van der Waals surface area contributed by atoms with Gasteiger partial charge in [0.1, 0.15) is 0 Å². The smallest absolute Gasteiger partial charge is 0.226 e. The van der Waals surface area contributed by atoms with Crippen LogP contribution in [0, 0.1) is 5.92 Å². The van der Waals surface area contributed by atoms with Crippen molar-refractivity contribution in [1.82, 2.24) is 10.2 Å². The highest BCUT2D eigenvalue weighted by Gasteiger charge is 2.36. The molecule has 1 saturated carbocycles. The molecule has 0 bridgehead atoms. The van der Waals surface area contributed by atoms with Crippen LogP contribution >= 0.6 is 0 Å². The fraction of sp³-hybridized carbons (Fsp3) is 0.600. The van der Waals surface area contributed by atoms with Crippen LogP contribution in [0.2, 0.25) is 0 Å². The van der Waals surface area contributed by atoms with E-state index >= 15 is 0 Å². The van der Waals surface area contributed by atoms with Crippen LogP contribution in [0.15, 0.2) is 24.3 Å². The SMILES string of the molecule is CC(=O)NCc1ccccc1CC1CCN(C2CCCCC2)C1=O. The van der Waals surface area contributed by atoms with Crippen molar-refractivity contribution in [2.45, 2.75) is 64.5 Å². The van der Waals surface area contributed by atoms with E-state index in [2.05, 4.69) is 16.3 Å². The largest absolute Gasteiger partial charge is 0.352 e. The summed E-state index contributed by atoms with van der Waals surface area (Å²) in [5.41, 5.74) is 2.31. The Balaban J connectivity index is 1.64. The maximum absolute atomic E-state index is 12.8. The van der Waals surface area contributed by atoms with Gasteiger partial charge >= 0.3 is 0 Å². The van der Waals surface area contributed by atoms with E-state index in [-0.39, 0.29) is 11.8 Å². The molecule has 1 saturated heterocycles. The van der Waals surface area contributed by atoms with Gasteiger partial charge in [-0.15, -0.1) is 0 Å². The molecule has 1 aliphatic heterocycles. The van der Waals surface area contributed by atoms with Gasteiger partial charge < -0.3 is 10.2 Å².